The monoisotopic (exact) mass is 1050 g/mol. The predicted octanol–water partition coefficient (Wildman–Crippen LogP) is 18.9. The van der Waals surface area contributed by atoms with Gasteiger partial charge in [0.05, 0.1) is 26.3 Å². The Morgan fingerprint density at radius 2 is 0.795 bits per heavy atom. The number of fused-ring (bicyclic) bond motifs is 15. The lowest BCUT2D eigenvalue weighted by Crippen LogP contribution is -2.62. The normalized spacial score (nSPS) is 22.7. The topological polar surface area (TPSA) is 9.72 Å². The number of rotatable bonds is 3. The van der Waals surface area contributed by atoms with Crippen LogP contribution in [-0.4, -0.2) is 12.3 Å². The summed E-state index contributed by atoms with van der Waals surface area (Å²) in [5.74, 6) is 0. The number of anilines is 8. The fraction of sp³-hybridized carbons (Fsp3) is 0.333. The van der Waals surface area contributed by atoms with Gasteiger partial charge in [0.1, 0.15) is 0 Å². The molecule has 3 aliphatic heterocycles. The summed E-state index contributed by atoms with van der Waals surface area (Å²) >= 11 is 3.92. The number of benzene rings is 8. The maximum absolute atomic E-state index is 2.85. The molecule has 3 nitrogen and oxygen atoms in total. The first kappa shape index (κ1) is 47.6. The third-order valence-electron chi connectivity index (χ3n) is 21.5. The average Bonchev–Trinajstić information content (AvgIpc) is 3.18. The standard InChI is InChI=1S/C72H70BN3S2/c1-67(2)33-35-69(5,6)51-41-58-53(39-49(51)67)73-54-40-50-52(70(7,8)36-34-68(50,3)4)42-59(54)75(57-28-20-24-47-45-22-12-16-30-63(45)78-66(47)57)61-38-43(76-55-26-14-13-25-48(55)71(9)31-17-18-32-72(71,76)10)37-60(64(61)73)74(58)56-27-19-23-46-44-21-11-15-29-62(44)77-65(46)56/h11-16,19-30,37-42H,17-18,31-36H2,1-10H3. The maximum atomic E-state index is 2.85. The van der Waals surface area contributed by atoms with E-state index in [2.05, 4.69) is 230 Å². The zero-order valence-corrected chi connectivity index (χ0v) is 48.9. The first-order valence-corrected chi connectivity index (χ1v) is 30.9. The van der Waals surface area contributed by atoms with E-state index >= 15 is 0 Å². The van der Waals surface area contributed by atoms with Gasteiger partial charge in [-0.2, -0.15) is 0 Å². The van der Waals surface area contributed by atoms with Crippen molar-refractivity contribution in [3.63, 3.8) is 0 Å². The highest BCUT2D eigenvalue weighted by molar-refractivity contribution is 7.27. The Balaban J connectivity index is 1.10. The number of hydrogen-bond acceptors (Lipinski definition) is 5. The van der Waals surface area contributed by atoms with E-state index in [0.29, 0.717) is 0 Å². The SMILES string of the molecule is CC1(C)CCC(C)(C)c2cc3c(cc21)B1c2cc4c(cc2N(c2cccc5c2sc2ccccc25)c2cc(N5c6ccccc6C6(C)CCCCC56C)cc(c21)N3c1cccc2c1sc1ccccc12)C(C)(C)CCC4(C)C. The van der Waals surface area contributed by atoms with Crippen LogP contribution in [0.25, 0.3) is 40.3 Å². The minimum absolute atomic E-state index is 0.00365. The molecule has 6 heteroatoms. The molecule has 6 aliphatic rings. The quantitative estimate of drug-likeness (QED) is 0.163. The van der Waals surface area contributed by atoms with Gasteiger partial charge in [0.15, 0.2) is 0 Å². The molecule has 0 radical (unpaired) electrons. The molecule has 3 aliphatic carbocycles. The third kappa shape index (κ3) is 6.17. The Labute approximate surface area is 470 Å². The van der Waals surface area contributed by atoms with Gasteiger partial charge in [0.25, 0.3) is 6.71 Å². The summed E-state index contributed by atoms with van der Waals surface area (Å²) in [5.41, 5.74) is 22.3. The van der Waals surface area contributed by atoms with E-state index in [1.807, 2.05) is 22.7 Å². The van der Waals surface area contributed by atoms with E-state index in [-0.39, 0.29) is 39.3 Å². The van der Waals surface area contributed by atoms with Crippen molar-refractivity contribution in [1.29, 1.82) is 0 Å². The van der Waals surface area contributed by atoms with Gasteiger partial charge in [0.2, 0.25) is 0 Å². The fourth-order valence-electron chi connectivity index (χ4n) is 16.7. The van der Waals surface area contributed by atoms with Crippen molar-refractivity contribution in [3.8, 4) is 0 Å². The van der Waals surface area contributed by atoms with E-state index in [4.69, 9.17) is 0 Å². The molecule has 0 bridgehead atoms. The van der Waals surface area contributed by atoms with Gasteiger partial charge >= 0.3 is 0 Å². The molecule has 16 rings (SSSR count). The zero-order valence-electron chi connectivity index (χ0n) is 47.2. The molecular weight excluding hydrogens is 982 g/mol. The molecule has 2 aromatic heterocycles. The second-order valence-corrected chi connectivity index (χ2v) is 29.7. The summed E-state index contributed by atoms with van der Waals surface area (Å²) in [5, 5.41) is 5.34. The van der Waals surface area contributed by atoms with E-state index in [9.17, 15) is 0 Å². The van der Waals surface area contributed by atoms with Crippen molar-refractivity contribution in [2.24, 2.45) is 0 Å². The van der Waals surface area contributed by atoms with Crippen molar-refractivity contribution in [2.45, 2.75) is 153 Å². The van der Waals surface area contributed by atoms with Crippen molar-refractivity contribution >= 4 is 132 Å². The van der Waals surface area contributed by atoms with Gasteiger partial charge in [-0.3, -0.25) is 0 Å². The van der Waals surface area contributed by atoms with E-state index in [1.165, 1.54) is 162 Å². The highest BCUT2D eigenvalue weighted by Crippen LogP contribution is 2.63. The van der Waals surface area contributed by atoms with Crippen LogP contribution in [-0.2, 0) is 27.1 Å². The van der Waals surface area contributed by atoms with Crippen LogP contribution in [0.2, 0.25) is 0 Å². The molecule has 0 saturated heterocycles. The van der Waals surface area contributed by atoms with Gasteiger partial charge in [0, 0.05) is 70.5 Å². The van der Waals surface area contributed by atoms with E-state index < -0.39 is 0 Å². The first-order chi connectivity index (χ1) is 37.4. The van der Waals surface area contributed by atoms with Gasteiger partial charge in [-0.05, 0) is 166 Å². The lowest BCUT2D eigenvalue weighted by atomic mass is 9.32. The molecule has 1 saturated carbocycles. The Bertz CT molecular complexity index is 4040. The summed E-state index contributed by atoms with van der Waals surface area (Å²) < 4.78 is 5.37. The molecule has 8 aromatic carbocycles. The molecule has 10 aromatic rings. The fourth-order valence-corrected chi connectivity index (χ4v) is 19.1. The van der Waals surface area contributed by atoms with Crippen LogP contribution < -0.4 is 31.1 Å². The Morgan fingerprint density at radius 1 is 0.372 bits per heavy atom. The van der Waals surface area contributed by atoms with Gasteiger partial charge in [-0.25, -0.2) is 0 Å². The summed E-state index contributed by atoms with van der Waals surface area (Å²) in [6.07, 6.45) is 9.48. The third-order valence-corrected chi connectivity index (χ3v) is 23.9. The predicted molar refractivity (Wildman–Crippen MR) is 340 cm³/mol. The molecule has 388 valence electrons. The Kier molecular flexibility index (Phi) is 9.61. The van der Waals surface area contributed by atoms with Crippen molar-refractivity contribution < 1.29 is 0 Å². The number of para-hydroxylation sites is 1. The lowest BCUT2D eigenvalue weighted by Gasteiger charge is -2.51. The van der Waals surface area contributed by atoms with Gasteiger partial charge < -0.3 is 14.7 Å². The molecule has 2 unspecified atom stereocenters. The number of nitrogens with zero attached hydrogens (tertiary/aromatic N) is 3. The second kappa shape index (κ2) is 15.7. The van der Waals surface area contributed by atoms with Crippen molar-refractivity contribution in [1.82, 2.24) is 0 Å². The van der Waals surface area contributed by atoms with E-state index in [0.717, 1.165) is 19.3 Å². The van der Waals surface area contributed by atoms with Gasteiger partial charge in [-0.15, -0.1) is 22.7 Å². The van der Waals surface area contributed by atoms with Crippen LogP contribution in [0.5, 0.6) is 0 Å². The van der Waals surface area contributed by atoms with Crippen LogP contribution in [0.3, 0.4) is 0 Å². The van der Waals surface area contributed by atoms with Crippen LogP contribution in [0, 0.1) is 0 Å². The minimum Gasteiger partial charge on any atom is -0.334 e. The highest BCUT2D eigenvalue weighted by Gasteiger charge is 2.58. The zero-order chi connectivity index (χ0) is 53.2. The molecule has 5 heterocycles. The highest BCUT2D eigenvalue weighted by atomic mass is 32.1. The smallest absolute Gasteiger partial charge is 0.252 e. The molecule has 0 amide bonds. The maximum Gasteiger partial charge on any atom is 0.252 e. The van der Waals surface area contributed by atoms with Crippen molar-refractivity contribution in [3.05, 3.63) is 173 Å². The molecule has 78 heavy (non-hydrogen) atoms. The van der Waals surface area contributed by atoms with Crippen molar-refractivity contribution in [2.75, 3.05) is 14.7 Å². The molecule has 1 fully saturated rings. The Hall–Kier alpha value is -6.34. The molecule has 0 spiro atoms. The average molecular weight is 1050 g/mol. The summed E-state index contributed by atoms with van der Waals surface area (Å²) in [4.78, 5) is 8.44. The Morgan fingerprint density at radius 3 is 1.31 bits per heavy atom. The van der Waals surface area contributed by atoms with Crippen LogP contribution in [0.15, 0.2) is 146 Å². The second-order valence-electron chi connectivity index (χ2n) is 27.6. The van der Waals surface area contributed by atoms with E-state index in [1.54, 1.807) is 0 Å². The number of thiophene rings is 2. The van der Waals surface area contributed by atoms with Crippen LogP contribution in [0.4, 0.5) is 45.5 Å². The largest absolute Gasteiger partial charge is 0.334 e. The molecule has 0 N–H and O–H groups in total. The van der Waals surface area contributed by atoms with Gasteiger partial charge in [-0.1, -0.05) is 166 Å². The summed E-state index contributed by atoms with van der Waals surface area (Å²) in [6.45, 7) is 25.4. The summed E-state index contributed by atoms with van der Waals surface area (Å²) in [7, 11) is 0. The minimum atomic E-state index is -0.134. The lowest BCUT2D eigenvalue weighted by molar-refractivity contribution is 0.195. The number of hydrogen-bond donors (Lipinski definition) is 0. The van der Waals surface area contributed by atoms with Crippen LogP contribution in [0.1, 0.15) is 148 Å². The molecular formula is C72H70BN3S2. The summed E-state index contributed by atoms with van der Waals surface area (Å²) in [6, 6.07) is 58.3. The first-order valence-electron chi connectivity index (χ1n) is 29.3. The van der Waals surface area contributed by atoms with Crippen LogP contribution >= 0.6 is 22.7 Å². The molecule has 2 atom stereocenters.